The fourth-order valence-corrected chi connectivity index (χ4v) is 3.37. The highest BCUT2D eigenvalue weighted by Crippen LogP contribution is 2.29. The summed E-state index contributed by atoms with van der Waals surface area (Å²) in [5.41, 5.74) is 1.04. The van der Waals surface area contributed by atoms with Gasteiger partial charge in [0, 0.05) is 19.1 Å². The zero-order valence-electron chi connectivity index (χ0n) is 12.1. The fraction of sp³-hybridized carbons (Fsp3) is 0.533. The smallest absolute Gasteiger partial charge is 0.183 e. The molecule has 2 aromatic rings. The lowest BCUT2D eigenvalue weighted by atomic mass is 10.3. The number of hydrogen-bond donors (Lipinski definition) is 1. The van der Waals surface area contributed by atoms with E-state index in [9.17, 15) is 0 Å². The molecule has 0 saturated heterocycles. The highest BCUT2D eigenvalue weighted by molar-refractivity contribution is 7.22. The highest BCUT2D eigenvalue weighted by Gasteiger charge is 2.27. The van der Waals surface area contributed by atoms with E-state index < -0.39 is 0 Å². The van der Waals surface area contributed by atoms with E-state index in [-0.39, 0.29) is 0 Å². The lowest BCUT2D eigenvalue weighted by Crippen LogP contribution is -2.30. The molecule has 0 unspecified atom stereocenters. The molecule has 3 rings (SSSR count). The van der Waals surface area contributed by atoms with Crippen LogP contribution in [-0.4, -0.2) is 42.7 Å². The van der Waals surface area contributed by atoms with Gasteiger partial charge in [-0.25, -0.2) is 4.98 Å². The molecule has 0 aliphatic heterocycles. The summed E-state index contributed by atoms with van der Waals surface area (Å²) in [7, 11) is 1.69. The number of anilines is 1. The van der Waals surface area contributed by atoms with Crippen LogP contribution in [0, 0.1) is 0 Å². The Labute approximate surface area is 123 Å². The molecule has 108 valence electrons. The number of nitrogens with zero attached hydrogens (tertiary/aromatic N) is 2. The van der Waals surface area contributed by atoms with Crippen LogP contribution in [0.3, 0.4) is 0 Å². The molecule has 1 aliphatic rings. The minimum absolute atomic E-state index is 0.835. The van der Waals surface area contributed by atoms with Crippen molar-refractivity contribution < 1.29 is 4.74 Å². The van der Waals surface area contributed by atoms with E-state index in [2.05, 4.69) is 22.1 Å². The average molecular weight is 291 g/mol. The molecule has 5 heteroatoms. The van der Waals surface area contributed by atoms with Crippen LogP contribution < -0.4 is 10.1 Å². The Morgan fingerprint density at radius 3 is 3.00 bits per heavy atom. The van der Waals surface area contributed by atoms with E-state index in [1.165, 1.54) is 17.5 Å². The summed E-state index contributed by atoms with van der Waals surface area (Å²) >= 11 is 1.69. The van der Waals surface area contributed by atoms with Gasteiger partial charge in [0.2, 0.25) is 0 Å². The van der Waals surface area contributed by atoms with Crippen molar-refractivity contribution in [2.75, 3.05) is 32.1 Å². The Bertz CT molecular complexity index is 580. The Kier molecular flexibility index (Phi) is 4.08. The second-order valence-corrected chi connectivity index (χ2v) is 6.17. The van der Waals surface area contributed by atoms with Gasteiger partial charge in [0.15, 0.2) is 5.13 Å². The van der Waals surface area contributed by atoms with Crippen molar-refractivity contribution in [1.82, 2.24) is 9.88 Å². The lowest BCUT2D eigenvalue weighted by molar-refractivity contribution is 0.289. The third-order valence-electron chi connectivity index (χ3n) is 3.74. The van der Waals surface area contributed by atoms with Gasteiger partial charge in [-0.05, 0) is 37.6 Å². The molecule has 0 radical (unpaired) electrons. The molecule has 4 nitrogen and oxygen atoms in total. The van der Waals surface area contributed by atoms with Gasteiger partial charge in [0.1, 0.15) is 5.75 Å². The topological polar surface area (TPSA) is 37.4 Å². The van der Waals surface area contributed by atoms with Crippen LogP contribution in [0.1, 0.15) is 19.8 Å². The molecule has 1 heterocycles. The standard InChI is InChI=1S/C15H21N3OS/c1-3-18(11-4-5-11)9-8-16-15-17-13-7-6-12(19-2)10-14(13)20-15/h6-7,10-11H,3-5,8-9H2,1-2H3,(H,16,17). The minimum Gasteiger partial charge on any atom is -0.497 e. The maximum Gasteiger partial charge on any atom is 0.183 e. The molecule has 1 saturated carbocycles. The maximum absolute atomic E-state index is 5.24. The monoisotopic (exact) mass is 291 g/mol. The number of nitrogens with one attached hydrogen (secondary N) is 1. The van der Waals surface area contributed by atoms with E-state index in [0.29, 0.717) is 0 Å². The van der Waals surface area contributed by atoms with Crippen LogP contribution in [0.2, 0.25) is 0 Å². The van der Waals surface area contributed by atoms with Crippen LogP contribution in [0.5, 0.6) is 5.75 Å². The van der Waals surface area contributed by atoms with Crippen LogP contribution in [0.4, 0.5) is 5.13 Å². The third kappa shape index (κ3) is 3.04. The van der Waals surface area contributed by atoms with Gasteiger partial charge in [0.25, 0.3) is 0 Å². The van der Waals surface area contributed by atoms with Crippen molar-refractivity contribution in [3.8, 4) is 5.75 Å². The minimum atomic E-state index is 0.835. The molecule has 1 N–H and O–H groups in total. The Morgan fingerprint density at radius 2 is 2.30 bits per heavy atom. The number of methoxy groups -OCH3 is 1. The van der Waals surface area contributed by atoms with Gasteiger partial charge >= 0.3 is 0 Å². The SMILES string of the molecule is CCN(CCNc1nc2ccc(OC)cc2s1)C1CC1. The summed E-state index contributed by atoms with van der Waals surface area (Å²) in [4.78, 5) is 7.15. The van der Waals surface area contributed by atoms with Crippen molar-refractivity contribution in [1.29, 1.82) is 0 Å². The number of hydrogen-bond acceptors (Lipinski definition) is 5. The first-order chi connectivity index (χ1) is 9.80. The molecule has 1 aromatic heterocycles. The second-order valence-electron chi connectivity index (χ2n) is 5.14. The maximum atomic E-state index is 5.24. The van der Waals surface area contributed by atoms with E-state index in [1.54, 1.807) is 18.4 Å². The van der Waals surface area contributed by atoms with Crippen molar-refractivity contribution >= 4 is 26.7 Å². The Morgan fingerprint density at radius 1 is 1.45 bits per heavy atom. The van der Waals surface area contributed by atoms with Gasteiger partial charge in [-0.2, -0.15) is 0 Å². The van der Waals surface area contributed by atoms with Gasteiger partial charge in [-0.15, -0.1) is 0 Å². The number of fused-ring (bicyclic) bond motifs is 1. The van der Waals surface area contributed by atoms with Crippen LogP contribution in [0.25, 0.3) is 10.2 Å². The molecule has 1 fully saturated rings. The normalized spacial score (nSPS) is 14.9. The summed E-state index contributed by atoms with van der Waals surface area (Å²) in [5, 5.41) is 4.44. The summed E-state index contributed by atoms with van der Waals surface area (Å²) in [6.07, 6.45) is 2.74. The van der Waals surface area contributed by atoms with Gasteiger partial charge in [0.05, 0.1) is 17.3 Å². The first kappa shape index (κ1) is 13.6. The van der Waals surface area contributed by atoms with E-state index in [4.69, 9.17) is 4.74 Å². The number of rotatable bonds is 7. The molecule has 20 heavy (non-hydrogen) atoms. The summed E-state index contributed by atoms with van der Waals surface area (Å²) in [6, 6.07) is 6.85. The lowest BCUT2D eigenvalue weighted by Gasteiger charge is -2.19. The first-order valence-corrected chi connectivity index (χ1v) is 8.04. The van der Waals surface area contributed by atoms with Gasteiger partial charge in [-0.3, -0.25) is 4.90 Å². The number of thiazole rings is 1. The van der Waals surface area contributed by atoms with Crippen LogP contribution >= 0.6 is 11.3 Å². The van der Waals surface area contributed by atoms with Crippen LogP contribution in [0.15, 0.2) is 18.2 Å². The molecule has 0 spiro atoms. The summed E-state index contributed by atoms with van der Waals surface area (Å²) in [5.74, 6) is 0.888. The molecule has 0 bridgehead atoms. The molecular formula is C15H21N3OS. The van der Waals surface area contributed by atoms with Crippen molar-refractivity contribution in [3.63, 3.8) is 0 Å². The van der Waals surface area contributed by atoms with E-state index in [1.807, 2.05) is 18.2 Å². The molecular weight excluding hydrogens is 270 g/mol. The van der Waals surface area contributed by atoms with Crippen molar-refractivity contribution in [2.45, 2.75) is 25.8 Å². The predicted molar refractivity (Wildman–Crippen MR) is 84.9 cm³/mol. The third-order valence-corrected chi connectivity index (χ3v) is 4.72. The molecule has 1 aromatic carbocycles. The second kappa shape index (κ2) is 5.97. The highest BCUT2D eigenvalue weighted by atomic mass is 32.1. The zero-order valence-corrected chi connectivity index (χ0v) is 12.9. The number of benzene rings is 1. The molecule has 0 amide bonds. The van der Waals surface area contributed by atoms with Gasteiger partial charge in [-0.1, -0.05) is 18.3 Å². The van der Waals surface area contributed by atoms with Gasteiger partial charge < -0.3 is 10.1 Å². The number of aromatic nitrogens is 1. The number of likely N-dealkylation sites (N-methyl/N-ethyl adjacent to an activating group) is 1. The largest absolute Gasteiger partial charge is 0.497 e. The molecule has 0 atom stereocenters. The quantitative estimate of drug-likeness (QED) is 0.850. The van der Waals surface area contributed by atoms with Crippen LogP contribution in [-0.2, 0) is 0 Å². The summed E-state index contributed by atoms with van der Waals surface area (Å²) in [6.45, 7) is 5.44. The number of ether oxygens (including phenoxy) is 1. The average Bonchev–Trinajstić information content (AvgIpc) is 3.22. The Hall–Kier alpha value is -1.33. The Balaban J connectivity index is 1.59. The van der Waals surface area contributed by atoms with Crippen molar-refractivity contribution in [2.24, 2.45) is 0 Å². The zero-order chi connectivity index (χ0) is 13.9. The van der Waals surface area contributed by atoms with E-state index >= 15 is 0 Å². The molecule has 1 aliphatic carbocycles. The predicted octanol–water partition coefficient (Wildman–Crippen LogP) is 3.20. The van der Waals surface area contributed by atoms with E-state index in [0.717, 1.165) is 42.1 Å². The summed E-state index contributed by atoms with van der Waals surface area (Å²) < 4.78 is 6.41. The fourth-order valence-electron chi connectivity index (χ4n) is 2.45. The first-order valence-electron chi connectivity index (χ1n) is 7.22. The van der Waals surface area contributed by atoms with Crippen molar-refractivity contribution in [3.05, 3.63) is 18.2 Å².